The van der Waals surface area contributed by atoms with Crippen LogP contribution in [0.1, 0.15) is 6.92 Å². The second-order valence-corrected chi connectivity index (χ2v) is 3.61. The molecule has 2 nitrogen and oxygen atoms in total. The van der Waals surface area contributed by atoms with E-state index < -0.39 is 0 Å². The monoisotopic (exact) mass is 206 g/mol. The molecule has 0 aliphatic rings. The minimum atomic E-state index is 0.548. The van der Waals surface area contributed by atoms with Crippen molar-refractivity contribution < 1.29 is 0 Å². The fourth-order valence-electron chi connectivity index (χ4n) is 0.538. The van der Waals surface area contributed by atoms with Gasteiger partial charge in [0.2, 0.25) is 0 Å². The second kappa shape index (κ2) is 5.89. The molecule has 3 heteroatoms. The lowest BCUT2D eigenvalue weighted by Crippen LogP contribution is -2.26. The molecular weight excluding hydrogens is 192 g/mol. The summed E-state index contributed by atoms with van der Waals surface area (Å²) >= 11 is 3.26. The molecule has 0 saturated carbocycles. The van der Waals surface area contributed by atoms with Crippen LogP contribution in [0, 0.1) is 5.92 Å². The van der Waals surface area contributed by atoms with Crippen LogP contribution in [0.15, 0.2) is 11.1 Å². The van der Waals surface area contributed by atoms with Gasteiger partial charge in [-0.1, -0.05) is 29.4 Å². The molecule has 0 bridgehead atoms. The maximum absolute atomic E-state index is 5.41. The van der Waals surface area contributed by atoms with Crippen LogP contribution in [-0.2, 0) is 0 Å². The van der Waals surface area contributed by atoms with Gasteiger partial charge in [-0.2, -0.15) is 0 Å². The largest absolute Gasteiger partial charge is 0.330 e. The zero-order valence-electron chi connectivity index (χ0n) is 6.36. The molecule has 0 aliphatic heterocycles. The van der Waals surface area contributed by atoms with Gasteiger partial charge in [0, 0.05) is 11.0 Å². The molecule has 0 aromatic carbocycles. The van der Waals surface area contributed by atoms with Crippen LogP contribution in [0.5, 0.6) is 0 Å². The van der Waals surface area contributed by atoms with Gasteiger partial charge >= 0.3 is 0 Å². The summed E-state index contributed by atoms with van der Waals surface area (Å²) in [5.74, 6) is 0.548. The summed E-state index contributed by atoms with van der Waals surface area (Å²) in [7, 11) is 0. The summed E-state index contributed by atoms with van der Waals surface area (Å²) in [5.41, 5.74) is 5.41. The summed E-state index contributed by atoms with van der Waals surface area (Å²) in [6.45, 7) is 8.34. The molecule has 1 unspecified atom stereocenters. The third-order valence-electron chi connectivity index (χ3n) is 1.21. The van der Waals surface area contributed by atoms with Crippen molar-refractivity contribution in [2.45, 2.75) is 6.92 Å². The van der Waals surface area contributed by atoms with Crippen LogP contribution in [0.2, 0.25) is 0 Å². The first-order valence-corrected chi connectivity index (χ1v) is 4.20. The fraction of sp³-hybridized carbons (Fsp3) is 0.714. The van der Waals surface area contributed by atoms with E-state index in [1.54, 1.807) is 0 Å². The van der Waals surface area contributed by atoms with E-state index in [2.05, 4.69) is 34.7 Å². The number of nitrogens with one attached hydrogen (secondary N) is 1. The maximum Gasteiger partial charge on any atom is 0.0265 e. The average molecular weight is 207 g/mol. The van der Waals surface area contributed by atoms with Gasteiger partial charge in [0.25, 0.3) is 0 Å². The third kappa shape index (κ3) is 6.26. The number of nitrogens with two attached hydrogens (primary N) is 1. The van der Waals surface area contributed by atoms with E-state index in [9.17, 15) is 0 Å². The van der Waals surface area contributed by atoms with E-state index in [4.69, 9.17) is 5.73 Å². The number of rotatable bonds is 5. The summed E-state index contributed by atoms with van der Waals surface area (Å²) < 4.78 is 0.983. The second-order valence-electron chi connectivity index (χ2n) is 2.49. The highest BCUT2D eigenvalue weighted by molar-refractivity contribution is 9.11. The Morgan fingerprint density at radius 1 is 1.80 bits per heavy atom. The van der Waals surface area contributed by atoms with Gasteiger partial charge in [-0.15, -0.1) is 0 Å². The molecule has 3 N–H and O–H groups in total. The first-order chi connectivity index (χ1) is 4.66. The molecule has 0 aliphatic carbocycles. The molecule has 0 radical (unpaired) electrons. The highest BCUT2D eigenvalue weighted by Gasteiger charge is 1.96. The number of halogens is 1. The summed E-state index contributed by atoms with van der Waals surface area (Å²) in [4.78, 5) is 0. The van der Waals surface area contributed by atoms with E-state index in [1.165, 1.54) is 0 Å². The van der Waals surface area contributed by atoms with Crippen LogP contribution in [0.3, 0.4) is 0 Å². The minimum absolute atomic E-state index is 0.548. The SMILES string of the molecule is C=C(Br)CNCC(C)CN. The Labute approximate surface area is 71.0 Å². The number of hydrogen-bond donors (Lipinski definition) is 2. The predicted octanol–water partition coefficient (Wildman–Crippen LogP) is 1.08. The predicted molar refractivity (Wildman–Crippen MR) is 49.2 cm³/mol. The Morgan fingerprint density at radius 3 is 2.80 bits per heavy atom. The van der Waals surface area contributed by atoms with Gasteiger partial charge in [-0.25, -0.2) is 0 Å². The standard InChI is InChI=1S/C7H15BrN2/c1-6(3-9)4-10-5-7(2)8/h6,10H,2-5,9H2,1H3. The van der Waals surface area contributed by atoms with Crippen molar-refractivity contribution in [3.63, 3.8) is 0 Å². The van der Waals surface area contributed by atoms with Crippen molar-refractivity contribution in [3.05, 3.63) is 11.1 Å². The highest BCUT2D eigenvalue weighted by atomic mass is 79.9. The van der Waals surface area contributed by atoms with E-state index >= 15 is 0 Å². The zero-order chi connectivity index (χ0) is 7.98. The molecule has 1 atom stereocenters. The minimum Gasteiger partial charge on any atom is -0.330 e. The Kier molecular flexibility index (Phi) is 5.97. The van der Waals surface area contributed by atoms with Crippen molar-refractivity contribution in [3.8, 4) is 0 Å². The van der Waals surface area contributed by atoms with Gasteiger partial charge in [-0.3, -0.25) is 0 Å². The first-order valence-electron chi connectivity index (χ1n) is 3.41. The molecule has 0 amide bonds. The van der Waals surface area contributed by atoms with Crippen molar-refractivity contribution in [2.24, 2.45) is 11.7 Å². The molecule has 0 rings (SSSR count). The van der Waals surface area contributed by atoms with E-state index in [0.717, 1.165) is 24.1 Å². The topological polar surface area (TPSA) is 38.0 Å². The molecule has 0 fully saturated rings. The number of hydrogen-bond acceptors (Lipinski definition) is 2. The Morgan fingerprint density at radius 2 is 2.40 bits per heavy atom. The molecule has 60 valence electrons. The van der Waals surface area contributed by atoms with Crippen LogP contribution in [-0.4, -0.2) is 19.6 Å². The van der Waals surface area contributed by atoms with E-state index in [-0.39, 0.29) is 0 Å². The summed E-state index contributed by atoms with van der Waals surface area (Å²) in [6, 6.07) is 0. The van der Waals surface area contributed by atoms with Crippen molar-refractivity contribution in [2.75, 3.05) is 19.6 Å². The summed E-state index contributed by atoms with van der Waals surface area (Å²) in [5, 5.41) is 3.21. The molecule has 0 saturated heterocycles. The molecule has 10 heavy (non-hydrogen) atoms. The average Bonchev–Trinajstić information content (AvgIpc) is 1.87. The van der Waals surface area contributed by atoms with Crippen LogP contribution < -0.4 is 11.1 Å². The Hall–Kier alpha value is 0.140. The normalized spacial score (nSPS) is 13.1. The summed E-state index contributed by atoms with van der Waals surface area (Å²) in [6.07, 6.45) is 0. The molecular formula is C7H15BrN2. The Balaban J connectivity index is 3.11. The van der Waals surface area contributed by atoms with Crippen LogP contribution >= 0.6 is 15.9 Å². The van der Waals surface area contributed by atoms with E-state index in [0.29, 0.717) is 5.92 Å². The van der Waals surface area contributed by atoms with Crippen LogP contribution in [0.4, 0.5) is 0 Å². The highest BCUT2D eigenvalue weighted by Crippen LogP contribution is 1.97. The Bertz CT molecular complexity index is 104. The van der Waals surface area contributed by atoms with Crippen molar-refractivity contribution in [1.82, 2.24) is 5.32 Å². The lowest BCUT2D eigenvalue weighted by Gasteiger charge is -2.08. The van der Waals surface area contributed by atoms with Crippen molar-refractivity contribution >= 4 is 15.9 Å². The quantitative estimate of drug-likeness (QED) is 0.707. The van der Waals surface area contributed by atoms with Gasteiger partial charge < -0.3 is 11.1 Å². The maximum atomic E-state index is 5.41. The molecule has 0 aromatic heterocycles. The first kappa shape index (κ1) is 10.1. The van der Waals surface area contributed by atoms with Gasteiger partial charge in [0.15, 0.2) is 0 Å². The van der Waals surface area contributed by atoms with Crippen molar-refractivity contribution in [1.29, 1.82) is 0 Å². The van der Waals surface area contributed by atoms with Crippen LogP contribution in [0.25, 0.3) is 0 Å². The third-order valence-corrected chi connectivity index (χ3v) is 1.49. The zero-order valence-corrected chi connectivity index (χ0v) is 7.95. The lowest BCUT2D eigenvalue weighted by atomic mass is 10.2. The van der Waals surface area contributed by atoms with Gasteiger partial charge in [0.05, 0.1) is 0 Å². The lowest BCUT2D eigenvalue weighted by molar-refractivity contribution is 0.541. The fourth-order valence-corrected chi connectivity index (χ4v) is 0.736. The van der Waals surface area contributed by atoms with Gasteiger partial charge in [0.1, 0.15) is 0 Å². The molecule has 0 aromatic rings. The molecule has 0 spiro atoms. The van der Waals surface area contributed by atoms with Gasteiger partial charge in [-0.05, 0) is 19.0 Å². The van der Waals surface area contributed by atoms with E-state index in [1.807, 2.05) is 0 Å². The smallest absolute Gasteiger partial charge is 0.0265 e. The molecule has 0 heterocycles.